The van der Waals surface area contributed by atoms with Crippen LogP contribution in [0.4, 0.5) is 4.79 Å². The second-order valence-electron chi connectivity index (χ2n) is 4.35. The first-order valence-electron chi connectivity index (χ1n) is 5.97. The Balaban J connectivity index is 2.66. The SMILES string of the molecule is CN(CC(N)=O)C(=O)NC(Cc1ccccc1)C(=O)O. The zero-order valence-corrected chi connectivity index (χ0v) is 11.1. The highest BCUT2D eigenvalue weighted by atomic mass is 16.4. The molecule has 1 aromatic carbocycles. The number of primary amides is 1. The number of rotatable bonds is 6. The Kier molecular flexibility index (Phi) is 5.52. The summed E-state index contributed by atoms with van der Waals surface area (Å²) in [7, 11) is 1.36. The maximum absolute atomic E-state index is 11.7. The van der Waals surface area contributed by atoms with Crippen LogP contribution in [0.15, 0.2) is 30.3 Å². The van der Waals surface area contributed by atoms with E-state index in [0.717, 1.165) is 10.5 Å². The van der Waals surface area contributed by atoms with Crippen LogP contribution in [0.2, 0.25) is 0 Å². The van der Waals surface area contributed by atoms with Gasteiger partial charge in [0, 0.05) is 13.5 Å². The third-order valence-corrected chi connectivity index (χ3v) is 2.62. The molecular weight excluding hydrogens is 262 g/mol. The fourth-order valence-corrected chi connectivity index (χ4v) is 1.61. The average molecular weight is 279 g/mol. The average Bonchev–Trinajstić information content (AvgIpc) is 2.38. The van der Waals surface area contributed by atoms with Gasteiger partial charge >= 0.3 is 12.0 Å². The van der Waals surface area contributed by atoms with Crippen LogP contribution < -0.4 is 11.1 Å². The number of aliphatic carboxylic acids is 1. The van der Waals surface area contributed by atoms with Crippen molar-refractivity contribution in [1.82, 2.24) is 10.2 Å². The Bertz CT molecular complexity index is 490. The van der Waals surface area contributed by atoms with E-state index in [4.69, 9.17) is 10.8 Å². The van der Waals surface area contributed by atoms with Gasteiger partial charge in [0.2, 0.25) is 5.91 Å². The standard InChI is InChI=1S/C13H17N3O4/c1-16(8-11(14)17)13(20)15-10(12(18)19)7-9-5-3-2-4-6-9/h2-6,10H,7-8H2,1H3,(H2,14,17)(H,15,20)(H,18,19). The first-order valence-corrected chi connectivity index (χ1v) is 5.97. The molecule has 0 bridgehead atoms. The van der Waals surface area contributed by atoms with E-state index in [1.165, 1.54) is 7.05 Å². The van der Waals surface area contributed by atoms with Gasteiger partial charge in [-0.25, -0.2) is 9.59 Å². The molecule has 108 valence electrons. The largest absolute Gasteiger partial charge is 0.480 e. The third-order valence-electron chi connectivity index (χ3n) is 2.62. The lowest BCUT2D eigenvalue weighted by Crippen LogP contribution is -2.49. The molecule has 7 heteroatoms. The fourth-order valence-electron chi connectivity index (χ4n) is 1.61. The van der Waals surface area contributed by atoms with Gasteiger partial charge in [-0.15, -0.1) is 0 Å². The van der Waals surface area contributed by atoms with E-state index in [2.05, 4.69) is 5.32 Å². The summed E-state index contributed by atoms with van der Waals surface area (Å²) >= 11 is 0. The van der Waals surface area contributed by atoms with Crippen LogP contribution in [-0.4, -0.2) is 47.5 Å². The topological polar surface area (TPSA) is 113 Å². The summed E-state index contributed by atoms with van der Waals surface area (Å²) in [6.45, 7) is -0.274. The molecule has 1 atom stereocenters. The first-order chi connectivity index (χ1) is 9.40. The molecule has 4 N–H and O–H groups in total. The van der Waals surface area contributed by atoms with E-state index >= 15 is 0 Å². The van der Waals surface area contributed by atoms with Gasteiger partial charge in [-0.1, -0.05) is 30.3 Å². The number of nitrogens with one attached hydrogen (secondary N) is 1. The maximum atomic E-state index is 11.7. The minimum absolute atomic E-state index is 0.159. The van der Waals surface area contributed by atoms with Gasteiger partial charge in [-0.3, -0.25) is 4.79 Å². The van der Waals surface area contributed by atoms with Crippen molar-refractivity contribution in [3.63, 3.8) is 0 Å². The smallest absolute Gasteiger partial charge is 0.326 e. The number of carbonyl (C=O) groups is 3. The number of urea groups is 1. The molecule has 1 rings (SSSR count). The molecular formula is C13H17N3O4. The van der Waals surface area contributed by atoms with E-state index < -0.39 is 23.9 Å². The number of hydrogen-bond donors (Lipinski definition) is 3. The Morgan fingerprint density at radius 3 is 2.40 bits per heavy atom. The van der Waals surface area contributed by atoms with Gasteiger partial charge in [-0.2, -0.15) is 0 Å². The van der Waals surface area contributed by atoms with E-state index in [1.807, 2.05) is 6.07 Å². The van der Waals surface area contributed by atoms with Gasteiger partial charge in [0.1, 0.15) is 12.6 Å². The van der Waals surface area contributed by atoms with Crippen LogP contribution in [-0.2, 0) is 16.0 Å². The Labute approximate surface area is 116 Å². The van der Waals surface area contributed by atoms with Crippen molar-refractivity contribution in [3.05, 3.63) is 35.9 Å². The molecule has 7 nitrogen and oxygen atoms in total. The van der Waals surface area contributed by atoms with Crippen LogP contribution in [0.3, 0.4) is 0 Å². The zero-order chi connectivity index (χ0) is 15.1. The van der Waals surface area contributed by atoms with Crippen LogP contribution in [0.1, 0.15) is 5.56 Å². The molecule has 3 amide bonds. The number of benzene rings is 1. The lowest BCUT2D eigenvalue weighted by molar-refractivity contribution is -0.139. The zero-order valence-electron chi connectivity index (χ0n) is 11.1. The number of hydrogen-bond acceptors (Lipinski definition) is 3. The van der Waals surface area contributed by atoms with Crippen molar-refractivity contribution in [2.45, 2.75) is 12.5 Å². The van der Waals surface area contributed by atoms with Gasteiger partial charge in [0.15, 0.2) is 0 Å². The van der Waals surface area contributed by atoms with Crippen molar-refractivity contribution in [3.8, 4) is 0 Å². The molecule has 0 spiro atoms. The van der Waals surface area contributed by atoms with Crippen molar-refractivity contribution >= 4 is 17.9 Å². The molecule has 0 radical (unpaired) electrons. The normalized spacial score (nSPS) is 11.4. The second-order valence-corrected chi connectivity index (χ2v) is 4.35. The van der Waals surface area contributed by atoms with Crippen LogP contribution >= 0.6 is 0 Å². The molecule has 0 fully saturated rings. The van der Waals surface area contributed by atoms with Crippen LogP contribution in [0, 0.1) is 0 Å². The molecule has 0 saturated carbocycles. The van der Waals surface area contributed by atoms with Crippen LogP contribution in [0.5, 0.6) is 0 Å². The predicted molar refractivity (Wildman–Crippen MR) is 71.9 cm³/mol. The van der Waals surface area contributed by atoms with E-state index in [9.17, 15) is 14.4 Å². The molecule has 20 heavy (non-hydrogen) atoms. The molecule has 0 saturated heterocycles. The molecule has 0 aliphatic carbocycles. The highest BCUT2D eigenvalue weighted by Gasteiger charge is 2.22. The van der Waals surface area contributed by atoms with Gasteiger partial charge < -0.3 is 21.1 Å². The number of carboxylic acid groups (broad SMARTS) is 1. The number of nitrogens with two attached hydrogens (primary N) is 1. The predicted octanol–water partition coefficient (Wildman–Crippen LogP) is -0.191. The first kappa shape index (κ1) is 15.5. The summed E-state index contributed by atoms with van der Waals surface area (Å²) in [5, 5.41) is 11.5. The Morgan fingerprint density at radius 1 is 1.30 bits per heavy atom. The number of carboxylic acids is 1. The molecule has 0 heterocycles. The summed E-state index contributed by atoms with van der Waals surface area (Å²) in [5.74, 6) is -1.81. The fraction of sp³-hybridized carbons (Fsp3) is 0.308. The van der Waals surface area contributed by atoms with E-state index in [-0.39, 0.29) is 13.0 Å². The summed E-state index contributed by atoms with van der Waals surface area (Å²) in [6, 6.07) is 7.21. The summed E-state index contributed by atoms with van der Waals surface area (Å²) in [5.41, 5.74) is 5.76. The maximum Gasteiger partial charge on any atom is 0.326 e. The molecule has 1 unspecified atom stereocenters. The van der Waals surface area contributed by atoms with Gasteiger partial charge in [0.05, 0.1) is 0 Å². The van der Waals surface area contributed by atoms with Crippen LogP contribution in [0.25, 0.3) is 0 Å². The van der Waals surface area contributed by atoms with E-state index in [1.54, 1.807) is 24.3 Å². The lowest BCUT2D eigenvalue weighted by Gasteiger charge is -2.20. The quantitative estimate of drug-likeness (QED) is 0.669. The van der Waals surface area contributed by atoms with Gasteiger partial charge in [0.25, 0.3) is 0 Å². The van der Waals surface area contributed by atoms with Crippen molar-refractivity contribution in [1.29, 1.82) is 0 Å². The number of likely N-dealkylation sites (N-methyl/N-ethyl adjacent to an activating group) is 1. The lowest BCUT2D eigenvalue weighted by atomic mass is 10.1. The Morgan fingerprint density at radius 2 is 1.90 bits per heavy atom. The minimum atomic E-state index is -1.14. The second kappa shape index (κ2) is 7.13. The highest BCUT2D eigenvalue weighted by Crippen LogP contribution is 2.04. The summed E-state index contributed by atoms with van der Waals surface area (Å²) in [6.07, 6.45) is 0.159. The van der Waals surface area contributed by atoms with Crippen molar-refractivity contribution < 1.29 is 19.5 Å². The Hall–Kier alpha value is -2.57. The minimum Gasteiger partial charge on any atom is -0.480 e. The number of amides is 3. The highest BCUT2D eigenvalue weighted by molar-refractivity contribution is 5.86. The van der Waals surface area contributed by atoms with E-state index in [0.29, 0.717) is 0 Å². The molecule has 0 aliphatic heterocycles. The number of carbonyl (C=O) groups excluding carboxylic acids is 2. The summed E-state index contributed by atoms with van der Waals surface area (Å²) in [4.78, 5) is 34.6. The number of nitrogens with zero attached hydrogens (tertiary/aromatic N) is 1. The molecule has 1 aromatic rings. The summed E-state index contributed by atoms with van der Waals surface area (Å²) < 4.78 is 0. The third kappa shape index (κ3) is 4.97. The van der Waals surface area contributed by atoms with Gasteiger partial charge in [-0.05, 0) is 5.56 Å². The van der Waals surface area contributed by atoms with Crippen molar-refractivity contribution in [2.24, 2.45) is 5.73 Å². The monoisotopic (exact) mass is 279 g/mol. The van der Waals surface area contributed by atoms with Crippen molar-refractivity contribution in [2.75, 3.05) is 13.6 Å². The molecule has 0 aromatic heterocycles. The molecule has 0 aliphatic rings.